The van der Waals surface area contributed by atoms with Gasteiger partial charge in [0.25, 0.3) is 0 Å². The van der Waals surface area contributed by atoms with Gasteiger partial charge in [0.15, 0.2) is 16.2 Å². The first kappa shape index (κ1) is 11.6. The van der Waals surface area contributed by atoms with E-state index in [4.69, 9.17) is 9.47 Å². The summed E-state index contributed by atoms with van der Waals surface area (Å²) in [5, 5.41) is 0.876. The van der Waals surface area contributed by atoms with Gasteiger partial charge < -0.3 is 9.47 Å². The monoisotopic (exact) mass is 346 g/mol. The van der Waals surface area contributed by atoms with Crippen molar-refractivity contribution < 1.29 is 9.47 Å². The van der Waals surface area contributed by atoms with Crippen molar-refractivity contribution in [3.63, 3.8) is 0 Å². The molecule has 0 spiro atoms. The van der Waals surface area contributed by atoms with Gasteiger partial charge in [-0.2, -0.15) is 0 Å². The number of aromatic nitrogens is 2. The second kappa shape index (κ2) is 4.55. The summed E-state index contributed by atoms with van der Waals surface area (Å²) in [5.41, 5.74) is 0.784. The molecule has 0 amide bonds. The van der Waals surface area contributed by atoms with E-state index in [0.717, 1.165) is 10.9 Å². The van der Waals surface area contributed by atoms with E-state index in [1.165, 1.54) is 0 Å². The molecule has 0 aliphatic rings. The third-order valence-corrected chi connectivity index (χ3v) is 3.09. The van der Waals surface area contributed by atoms with Crippen LogP contribution in [0.3, 0.4) is 0 Å². The molecule has 0 fully saturated rings. The van der Waals surface area contributed by atoms with E-state index in [0.29, 0.717) is 20.8 Å². The second-order valence-corrected chi connectivity index (χ2v) is 4.47. The third-order valence-electron chi connectivity index (χ3n) is 2.13. The van der Waals surface area contributed by atoms with Crippen LogP contribution in [0.25, 0.3) is 10.9 Å². The van der Waals surface area contributed by atoms with Gasteiger partial charge in [-0.05, 0) is 37.9 Å². The maximum Gasteiger partial charge on any atom is 0.198 e. The molecule has 1 aromatic heterocycles. The lowest BCUT2D eigenvalue weighted by atomic mass is 10.2. The van der Waals surface area contributed by atoms with Crippen molar-refractivity contribution in [3.8, 4) is 11.5 Å². The largest absolute Gasteiger partial charge is 0.493 e. The molecular formula is C10H8Br2N2O2. The second-order valence-electron chi connectivity index (χ2n) is 3.01. The molecule has 0 bridgehead atoms. The quantitative estimate of drug-likeness (QED) is 0.618. The predicted octanol–water partition coefficient (Wildman–Crippen LogP) is 3.17. The fourth-order valence-electron chi connectivity index (χ4n) is 1.39. The maximum absolute atomic E-state index is 5.22. The molecule has 0 atom stereocenters. The lowest BCUT2D eigenvalue weighted by molar-refractivity contribution is 0.355. The van der Waals surface area contributed by atoms with Gasteiger partial charge in [-0.1, -0.05) is 0 Å². The van der Waals surface area contributed by atoms with Crippen molar-refractivity contribution in [2.24, 2.45) is 0 Å². The van der Waals surface area contributed by atoms with Crippen LogP contribution in [-0.4, -0.2) is 24.2 Å². The molecule has 2 aromatic rings. The van der Waals surface area contributed by atoms with Crippen molar-refractivity contribution in [1.29, 1.82) is 0 Å². The van der Waals surface area contributed by atoms with Gasteiger partial charge in [0.05, 0.1) is 19.7 Å². The molecule has 2 rings (SSSR count). The van der Waals surface area contributed by atoms with Gasteiger partial charge >= 0.3 is 0 Å². The highest BCUT2D eigenvalue weighted by atomic mass is 79.9. The molecule has 16 heavy (non-hydrogen) atoms. The minimum Gasteiger partial charge on any atom is -0.493 e. The zero-order valence-corrected chi connectivity index (χ0v) is 11.8. The maximum atomic E-state index is 5.22. The number of nitrogens with zero attached hydrogens (tertiary/aromatic N) is 2. The Bertz CT molecular complexity index is 546. The van der Waals surface area contributed by atoms with E-state index in [1.54, 1.807) is 14.2 Å². The Morgan fingerprint density at radius 3 is 2.25 bits per heavy atom. The lowest BCUT2D eigenvalue weighted by Gasteiger charge is -2.09. The van der Waals surface area contributed by atoms with Gasteiger partial charge in [-0.25, -0.2) is 9.97 Å². The summed E-state index contributed by atoms with van der Waals surface area (Å²) >= 11 is 6.62. The van der Waals surface area contributed by atoms with Crippen LogP contribution < -0.4 is 9.47 Å². The van der Waals surface area contributed by atoms with E-state index in [9.17, 15) is 0 Å². The van der Waals surface area contributed by atoms with Gasteiger partial charge in [0.1, 0.15) is 4.60 Å². The summed E-state index contributed by atoms with van der Waals surface area (Å²) < 4.78 is 11.7. The average molecular weight is 348 g/mol. The van der Waals surface area contributed by atoms with E-state index < -0.39 is 0 Å². The Kier molecular flexibility index (Phi) is 3.30. The zero-order valence-electron chi connectivity index (χ0n) is 8.62. The average Bonchev–Trinajstić information content (AvgIpc) is 2.27. The molecule has 0 saturated heterocycles. The number of benzene rings is 1. The highest BCUT2D eigenvalue weighted by Crippen LogP contribution is 2.34. The van der Waals surface area contributed by atoms with Crippen molar-refractivity contribution in [3.05, 3.63) is 21.5 Å². The summed E-state index contributed by atoms with van der Waals surface area (Å²) in [6.07, 6.45) is 0. The van der Waals surface area contributed by atoms with Crippen LogP contribution in [0.15, 0.2) is 21.5 Å². The van der Waals surface area contributed by atoms with Crippen LogP contribution >= 0.6 is 31.9 Å². The van der Waals surface area contributed by atoms with Gasteiger partial charge in [0, 0.05) is 11.5 Å². The molecule has 84 valence electrons. The highest BCUT2D eigenvalue weighted by molar-refractivity contribution is 9.11. The summed E-state index contributed by atoms with van der Waals surface area (Å²) in [6.45, 7) is 0. The molecule has 0 radical (unpaired) electrons. The fraction of sp³-hybridized carbons (Fsp3) is 0.200. The third kappa shape index (κ3) is 1.99. The van der Waals surface area contributed by atoms with E-state index >= 15 is 0 Å². The summed E-state index contributed by atoms with van der Waals surface area (Å²) in [4.78, 5) is 8.42. The summed E-state index contributed by atoms with van der Waals surface area (Å²) in [6, 6.07) is 3.65. The Morgan fingerprint density at radius 1 is 1.00 bits per heavy atom. The molecule has 0 aliphatic heterocycles. The zero-order chi connectivity index (χ0) is 11.7. The van der Waals surface area contributed by atoms with E-state index in [-0.39, 0.29) is 0 Å². The number of ether oxygens (including phenoxy) is 2. The van der Waals surface area contributed by atoms with Crippen LogP contribution in [0.4, 0.5) is 0 Å². The van der Waals surface area contributed by atoms with Crippen LogP contribution in [0.1, 0.15) is 0 Å². The first-order chi connectivity index (χ1) is 7.65. The Balaban J connectivity index is 2.78. The van der Waals surface area contributed by atoms with Crippen LogP contribution in [0.2, 0.25) is 0 Å². The summed E-state index contributed by atoms with van der Waals surface area (Å²) in [7, 11) is 3.19. The number of fused-ring (bicyclic) bond motifs is 1. The highest BCUT2D eigenvalue weighted by Gasteiger charge is 2.10. The van der Waals surface area contributed by atoms with E-state index in [1.807, 2.05) is 12.1 Å². The number of rotatable bonds is 2. The molecule has 6 heteroatoms. The minimum absolute atomic E-state index is 0.527. The molecule has 0 unspecified atom stereocenters. The first-order valence-corrected chi connectivity index (χ1v) is 5.99. The van der Waals surface area contributed by atoms with Crippen molar-refractivity contribution in [1.82, 2.24) is 9.97 Å². The van der Waals surface area contributed by atoms with Crippen LogP contribution in [0.5, 0.6) is 11.5 Å². The predicted molar refractivity (Wildman–Crippen MR) is 68.0 cm³/mol. The van der Waals surface area contributed by atoms with Gasteiger partial charge in [-0.3, -0.25) is 0 Å². The smallest absolute Gasteiger partial charge is 0.198 e. The Labute approximate surface area is 109 Å². The SMILES string of the molecule is COc1cc2nc(Br)nc(Br)c2cc1OC. The first-order valence-electron chi connectivity index (χ1n) is 4.40. The standard InChI is InChI=1S/C10H8Br2N2O2/c1-15-7-3-5-6(4-8(7)16-2)13-10(12)14-9(5)11/h3-4H,1-2H3. The van der Waals surface area contributed by atoms with Crippen molar-refractivity contribution >= 4 is 42.8 Å². The lowest BCUT2D eigenvalue weighted by Crippen LogP contribution is -1.93. The molecule has 0 aliphatic carbocycles. The number of halogens is 2. The topological polar surface area (TPSA) is 44.2 Å². The van der Waals surface area contributed by atoms with Gasteiger partial charge in [-0.15, -0.1) is 0 Å². The van der Waals surface area contributed by atoms with Crippen LogP contribution in [-0.2, 0) is 0 Å². The molecule has 0 saturated carbocycles. The molecular weight excluding hydrogens is 340 g/mol. The van der Waals surface area contributed by atoms with E-state index in [2.05, 4.69) is 41.8 Å². The van der Waals surface area contributed by atoms with Gasteiger partial charge in [0.2, 0.25) is 0 Å². The molecule has 1 aromatic carbocycles. The summed E-state index contributed by atoms with van der Waals surface area (Å²) in [5.74, 6) is 1.30. The fourth-order valence-corrected chi connectivity index (χ4v) is 2.48. The normalized spacial score (nSPS) is 10.5. The number of hydrogen-bond donors (Lipinski definition) is 0. The molecule has 1 heterocycles. The van der Waals surface area contributed by atoms with Crippen LogP contribution in [0, 0.1) is 0 Å². The van der Waals surface area contributed by atoms with Crippen molar-refractivity contribution in [2.75, 3.05) is 14.2 Å². The Hall–Kier alpha value is -0.880. The van der Waals surface area contributed by atoms with Crippen molar-refractivity contribution in [2.45, 2.75) is 0 Å². The molecule has 4 nitrogen and oxygen atoms in total. The number of methoxy groups -OCH3 is 2. The number of hydrogen-bond acceptors (Lipinski definition) is 4. The Morgan fingerprint density at radius 2 is 1.62 bits per heavy atom. The molecule has 0 N–H and O–H groups in total. The minimum atomic E-state index is 0.527.